The van der Waals surface area contributed by atoms with E-state index < -0.39 is 0 Å². The van der Waals surface area contributed by atoms with Crippen molar-refractivity contribution < 1.29 is 9.84 Å². The van der Waals surface area contributed by atoms with Gasteiger partial charge in [-0.1, -0.05) is 199 Å². The molecule has 0 atom stereocenters. The maximum absolute atomic E-state index is 9.17. The molecular formula is C67H68O2. The third-order valence-corrected chi connectivity index (χ3v) is 12.5. The molecule has 6 aromatic rings. The Morgan fingerprint density at radius 3 is 0.783 bits per heavy atom. The maximum atomic E-state index is 9.17. The van der Waals surface area contributed by atoms with Crippen LogP contribution in [0.2, 0.25) is 0 Å². The van der Waals surface area contributed by atoms with E-state index >= 15 is 0 Å². The van der Waals surface area contributed by atoms with Crippen molar-refractivity contribution in [3.8, 4) is 65.0 Å². The number of aryl methyl sites for hydroxylation is 5. The molecule has 0 aliphatic heterocycles. The number of aliphatic hydroxyl groups is 1. The summed E-state index contributed by atoms with van der Waals surface area (Å²) < 4.78 is 7.07. The van der Waals surface area contributed by atoms with E-state index in [2.05, 4.69) is 215 Å². The van der Waals surface area contributed by atoms with Crippen LogP contribution >= 0.6 is 0 Å². The molecule has 69 heavy (non-hydrogen) atoms. The van der Waals surface area contributed by atoms with Gasteiger partial charge in [0.1, 0.15) is 0 Å². The molecule has 0 amide bonds. The lowest BCUT2D eigenvalue weighted by Crippen LogP contribution is -2.08. The van der Waals surface area contributed by atoms with Crippen molar-refractivity contribution in [1.29, 1.82) is 0 Å². The number of hydrogen-bond donors (Lipinski definition) is 1. The third-order valence-electron chi connectivity index (χ3n) is 12.5. The van der Waals surface area contributed by atoms with Crippen LogP contribution in [0.15, 0.2) is 121 Å². The van der Waals surface area contributed by atoms with E-state index in [4.69, 9.17) is 9.84 Å². The Balaban J connectivity index is 1.63. The SMILES string of the molecule is CCc1ccc(C#Cc2c(C#Cc3ccc(CC)cc3)c(C#Cc3ccc(CC)cc3)c(OCCCCCCCCCCCO)c(C#Cc3ccc(CC)cc3)c2C#Cc2ccc(CC)cc2)cc1. The molecule has 0 saturated carbocycles. The Morgan fingerprint density at radius 2 is 0.522 bits per heavy atom. The zero-order valence-electron chi connectivity index (χ0n) is 41.7. The van der Waals surface area contributed by atoms with E-state index in [9.17, 15) is 0 Å². The van der Waals surface area contributed by atoms with Crippen LogP contribution in [0.5, 0.6) is 5.75 Å². The van der Waals surface area contributed by atoms with Crippen molar-refractivity contribution in [2.45, 2.75) is 125 Å². The van der Waals surface area contributed by atoms with Crippen LogP contribution in [0.4, 0.5) is 0 Å². The lowest BCUT2D eigenvalue weighted by atomic mass is 9.89. The highest BCUT2D eigenvalue weighted by Crippen LogP contribution is 2.34. The molecule has 0 heterocycles. The Morgan fingerprint density at radius 1 is 0.290 bits per heavy atom. The van der Waals surface area contributed by atoms with E-state index in [1.165, 1.54) is 53.5 Å². The maximum Gasteiger partial charge on any atom is 0.153 e. The number of aliphatic hydroxyl groups excluding tert-OH is 1. The third kappa shape index (κ3) is 16.0. The van der Waals surface area contributed by atoms with Crippen LogP contribution < -0.4 is 4.74 Å². The second kappa shape index (κ2) is 28.3. The van der Waals surface area contributed by atoms with Gasteiger partial charge in [-0.2, -0.15) is 0 Å². The van der Waals surface area contributed by atoms with Crippen LogP contribution in [0.3, 0.4) is 0 Å². The first-order valence-electron chi connectivity index (χ1n) is 25.5. The summed E-state index contributed by atoms with van der Waals surface area (Å²) in [6.45, 7) is 11.6. The highest BCUT2D eigenvalue weighted by molar-refractivity contribution is 5.78. The van der Waals surface area contributed by atoms with Crippen LogP contribution in [-0.2, 0) is 32.1 Å². The molecule has 6 aromatic carbocycles. The first-order chi connectivity index (χ1) is 33.9. The first-order valence-corrected chi connectivity index (χ1v) is 25.5. The van der Waals surface area contributed by atoms with Crippen molar-refractivity contribution in [3.05, 3.63) is 205 Å². The first kappa shape index (κ1) is 51.3. The van der Waals surface area contributed by atoms with Gasteiger partial charge >= 0.3 is 0 Å². The lowest BCUT2D eigenvalue weighted by Gasteiger charge is -2.17. The largest absolute Gasteiger partial charge is 0.491 e. The van der Waals surface area contributed by atoms with Crippen molar-refractivity contribution in [1.82, 2.24) is 0 Å². The predicted octanol–water partition coefficient (Wildman–Crippen LogP) is 14.4. The zero-order chi connectivity index (χ0) is 48.5. The molecule has 0 aliphatic rings. The molecule has 0 unspecified atom stereocenters. The average Bonchev–Trinajstić information content (AvgIpc) is 3.40. The van der Waals surface area contributed by atoms with Crippen LogP contribution in [-0.4, -0.2) is 18.3 Å². The lowest BCUT2D eigenvalue weighted by molar-refractivity contribution is 0.282. The highest BCUT2D eigenvalue weighted by atomic mass is 16.5. The highest BCUT2D eigenvalue weighted by Gasteiger charge is 2.23. The minimum Gasteiger partial charge on any atom is -0.491 e. The molecule has 0 spiro atoms. The monoisotopic (exact) mass is 905 g/mol. The second-order valence-corrected chi connectivity index (χ2v) is 17.5. The van der Waals surface area contributed by atoms with Gasteiger partial charge in [-0.25, -0.2) is 0 Å². The minimum atomic E-state index is 0.282. The van der Waals surface area contributed by atoms with Crippen LogP contribution in [0, 0.1) is 59.2 Å². The normalized spacial score (nSPS) is 10.2. The molecule has 0 radical (unpaired) electrons. The summed E-state index contributed by atoms with van der Waals surface area (Å²) in [5.41, 5.74) is 14.1. The smallest absolute Gasteiger partial charge is 0.153 e. The Labute approximate surface area is 415 Å². The summed E-state index contributed by atoms with van der Waals surface area (Å²) in [5.74, 6) is 36.3. The van der Waals surface area contributed by atoms with Gasteiger partial charge in [0.2, 0.25) is 0 Å². The van der Waals surface area contributed by atoms with E-state index in [0.29, 0.717) is 40.2 Å². The summed E-state index contributed by atoms with van der Waals surface area (Å²) in [6.07, 6.45) is 14.6. The topological polar surface area (TPSA) is 29.5 Å². The second-order valence-electron chi connectivity index (χ2n) is 17.5. The zero-order valence-corrected chi connectivity index (χ0v) is 41.7. The van der Waals surface area contributed by atoms with E-state index in [1.807, 2.05) is 0 Å². The molecular weight excluding hydrogens is 837 g/mol. The van der Waals surface area contributed by atoms with Crippen LogP contribution in [0.25, 0.3) is 0 Å². The number of ether oxygens (including phenoxy) is 1. The molecule has 0 aromatic heterocycles. The van der Waals surface area contributed by atoms with Gasteiger partial charge in [-0.15, -0.1) is 0 Å². The summed E-state index contributed by atoms with van der Waals surface area (Å²) in [7, 11) is 0. The van der Waals surface area contributed by atoms with Gasteiger partial charge in [0, 0.05) is 34.4 Å². The van der Waals surface area contributed by atoms with Gasteiger partial charge in [-0.3, -0.25) is 0 Å². The van der Waals surface area contributed by atoms with Crippen molar-refractivity contribution in [2.24, 2.45) is 0 Å². The molecule has 0 bridgehead atoms. The minimum absolute atomic E-state index is 0.282. The fourth-order valence-electron chi connectivity index (χ4n) is 7.90. The van der Waals surface area contributed by atoms with Crippen molar-refractivity contribution in [3.63, 3.8) is 0 Å². The summed E-state index contributed by atoms with van der Waals surface area (Å²) in [6, 6.07) is 42.3. The molecule has 0 aliphatic carbocycles. The van der Waals surface area contributed by atoms with E-state index in [1.54, 1.807) is 0 Å². The summed E-state index contributed by atoms with van der Waals surface area (Å²) in [5, 5.41) is 9.17. The van der Waals surface area contributed by atoms with E-state index in [-0.39, 0.29) is 6.61 Å². The molecule has 2 nitrogen and oxygen atoms in total. The van der Waals surface area contributed by atoms with Crippen molar-refractivity contribution in [2.75, 3.05) is 13.2 Å². The fraction of sp³-hybridized carbons (Fsp3) is 0.313. The fourth-order valence-corrected chi connectivity index (χ4v) is 7.90. The standard InChI is InChI=1S/C67H68O2/c1-6-52-20-30-57(31-21-52)40-45-62-63(46-41-58-32-22-53(7-2)23-33-58)65(48-43-60-36-26-55(9-4)27-37-60)67(69-51-19-17-15-13-11-12-14-16-18-50-68)66(49-44-61-38-28-56(10-5)29-39-61)64(62)47-42-59-34-24-54(8-3)25-35-59/h20-39,68H,6-19,50-51H2,1-5H3. The summed E-state index contributed by atoms with van der Waals surface area (Å²) in [4.78, 5) is 0. The van der Waals surface area contributed by atoms with Gasteiger partial charge < -0.3 is 9.84 Å². The number of hydrogen-bond acceptors (Lipinski definition) is 2. The van der Waals surface area contributed by atoms with Crippen LogP contribution in [0.1, 0.15) is 176 Å². The average molecular weight is 905 g/mol. The number of benzene rings is 6. The number of unbranched alkanes of at least 4 members (excludes halogenated alkanes) is 8. The molecule has 0 fully saturated rings. The number of rotatable bonds is 17. The van der Waals surface area contributed by atoms with Gasteiger partial charge in [0.05, 0.1) is 34.4 Å². The Kier molecular flexibility index (Phi) is 21.0. The molecule has 348 valence electrons. The quantitative estimate of drug-likeness (QED) is 0.0730. The Hall–Kier alpha value is -7.12. The van der Waals surface area contributed by atoms with Gasteiger partial charge in [0.25, 0.3) is 0 Å². The molecule has 1 N–H and O–H groups in total. The van der Waals surface area contributed by atoms with E-state index in [0.717, 1.165) is 92.0 Å². The molecule has 0 saturated heterocycles. The molecule has 6 rings (SSSR count). The van der Waals surface area contributed by atoms with Gasteiger partial charge in [-0.05, 0) is 133 Å². The van der Waals surface area contributed by atoms with Crippen molar-refractivity contribution >= 4 is 0 Å². The predicted molar refractivity (Wildman–Crippen MR) is 290 cm³/mol. The summed E-state index contributed by atoms with van der Waals surface area (Å²) >= 11 is 0. The van der Waals surface area contributed by atoms with Gasteiger partial charge in [0.15, 0.2) is 5.75 Å². The Bertz CT molecular complexity index is 2730. The molecule has 2 heteroatoms.